The lowest BCUT2D eigenvalue weighted by Gasteiger charge is -2.27. The van der Waals surface area contributed by atoms with Gasteiger partial charge in [-0.3, -0.25) is 0 Å². The Morgan fingerprint density at radius 2 is 2.00 bits per heavy atom. The molecule has 0 radical (unpaired) electrons. The van der Waals surface area contributed by atoms with Gasteiger partial charge in [0.15, 0.2) is 0 Å². The van der Waals surface area contributed by atoms with Gasteiger partial charge in [-0.2, -0.15) is 0 Å². The van der Waals surface area contributed by atoms with E-state index in [1.807, 2.05) is 30.3 Å². The standard InChI is InChI=1S/C13H19NO4/c1-13(2,17)11(8-15)14-12(16)18-9-10-6-4-3-5-7-10/h3-7,11,15,17H,8-9H2,1-2H3,(H,14,16)/t11-/m1/s1. The SMILES string of the molecule is CC(C)(O)[C@@H](CO)NC(=O)OCc1ccccc1. The number of aliphatic hydroxyl groups is 2. The van der Waals surface area contributed by atoms with Crippen molar-refractivity contribution in [2.45, 2.75) is 32.1 Å². The summed E-state index contributed by atoms with van der Waals surface area (Å²) in [5, 5.41) is 21.2. The van der Waals surface area contributed by atoms with Gasteiger partial charge in [-0.1, -0.05) is 30.3 Å². The maximum Gasteiger partial charge on any atom is 0.407 e. The van der Waals surface area contributed by atoms with Crippen LogP contribution in [-0.4, -0.2) is 34.6 Å². The molecule has 0 aliphatic heterocycles. The maximum absolute atomic E-state index is 11.5. The molecule has 5 heteroatoms. The smallest absolute Gasteiger partial charge is 0.407 e. The number of hydrogen-bond acceptors (Lipinski definition) is 4. The van der Waals surface area contributed by atoms with Crippen LogP contribution in [0.5, 0.6) is 0 Å². The lowest BCUT2D eigenvalue weighted by molar-refractivity contribution is 0.0125. The monoisotopic (exact) mass is 253 g/mol. The van der Waals surface area contributed by atoms with E-state index in [-0.39, 0.29) is 13.2 Å². The Bertz CT molecular complexity index is 372. The molecular weight excluding hydrogens is 234 g/mol. The van der Waals surface area contributed by atoms with E-state index < -0.39 is 17.7 Å². The van der Waals surface area contributed by atoms with Crippen LogP contribution in [0.2, 0.25) is 0 Å². The van der Waals surface area contributed by atoms with Crippen molar-refractivity contribution in [2.24, 2.45) is 0 Å². The van der Waals surface area contributed by atoms with Crippen LogP contribution >= 0.6 is 0 Å². The molecule has 0 fully saturated rings. The quantitative estimate of drug-likeness (QED) is 0.732. The van der Waals surface area contributed by atoms with E-state index in [1.54, 1.807) is 0 Å². The number of ether oxygens (including phenoxy) is 1. The lowest BCUT2D eigenvalue weighted by atomic mass is 10.0. The number of amides is 1. The molecule has 100 valence electrons. The number of carbonyl (C=O) groups is 1. The molecule has 0 aromatic heterocycles. The number of carbonyl (C=O) groups excluding carboxylic acids is 1. The Labute approximate surface area is 106 Å². The summed E-state index contributed by atoms with van der Waals surface area (Å²) in [5.74, 6) is 0. The van der Waals surface area contributed by atoms with Crippen molar-refractivity contribution < 1.29 is 19.7 Å². The van der Waals surface area contributed by atoms with Crippen molar-refractivity contribution in [1.29, 1.82) is 0 Å². The highest BCUT2D eigenvalue weighted by Crippen LogP contribution is 2.08. The van der Waals surface area contributed by atoms with Crippen LogP contribution in [0.1, 0.15) is 19.4 Å². The van der Waals surface area contributed by atoms with Crippen LogP contribution in [0.3, 0.4) is 0 Å². The van der Waals surface area contributed by atoms with Crippen LogP contribution in [0, 0.1) is 0 Å². The summed E-state index contributed by atoms with van der Waals surface area (Å²) in [5.41, 5.74) is -0.336. The van der Waals surface area contributed by atoms with Crippen LogP contribution in [0.15, 0.2) is 30.3 Å². The van der Waals surface area contributed by atoms with Crippen LogP contribution in [0.25, 0.3) is 0 Å². The van der Waals surface area contributed by atoms with Crippen molar-refractivity contribution in [3.05, 3.63) is 35.9 Å². The van der Waals surface area contributed by atoms with Gasteiger partial charge in [-0.25, -0.2) is 4.79 Å². The van der Waals surface area contributed by atoms with Gasteiger partial charge in [0, 0.05) is 0 Å². The van der Waals surface area contributed by atoms with Crippen molar-refractivity contribution in [2.75, 3.05) is 6.61 Å². The van der Waals surface area contributed by atoms with Gasteiger partial charge < -0.3 is 20.3 Å². The normalized spacial score (nSPS) is 12.9. The molecule has 1 aromatic rings. The Balaban J connectivity index is 2.42. The summed E-state index contributed by atoms with van der Waals surface area (Å²) in [7, 11) is 0. The summed E-state index contributed by atoms with van der Waals surface area (Å²) >= 11 is 0. The predicted octanol–water partition coefficient (Wildman–Crippen LogP) is 1.04. The fraction of sp³-hybridized carbons (Fsp3) is 0.462. The zero-order chi connectivity index (χ0) is 13.6. The Morgan fingerprint density at radius 3 is 2.50 bits per heavy atom. The Hall–Kier alpha value is -1.59. The fourth-order valence-corrected chi connectivity index (χ4v) is 1.35. The summed E-state index contributed by atoms with van der Waals surface area (Å²) in [6, 6.07) is 8.49. The summed E-state index contributed by atoms with van der Waals surface area (Å²) in [4.78, 5) is 11.5. The molecule has 3 N–H and O–H groups in total. The van der Waals surface area contributed by atoms with E-state index >= 15 is 0 Å². The van der Waals surface area contributed by atoms with E-state index in [2.05, 4.69) is 5.32 Å². The molecule has 1 atom stereocenters. The average Bonchev–Trinajstić information content (AvgIpc) is 2.33. The first-order valence-electron chi connectivity index (χ1n) is 5.74. The first-order chi connectivity index (χ1) is 8.43. The van der Waals surface area contributed by atoms with Gasteiger partial charge in [0.2, 0.25) is 0 Å². The maximum atomic E-state index is 11.5. The molecular formula is C13H19NO4. The van der Waals surface area contributed by atoms with Crippen LogP contribution in [0.4, 0.5) is 4.79 Å². The summed E-state index contributed by atoms with van der Waals surface area (Å²) in [6.45, 7) is 2.80. The number of benzene rings is 1. The minimum atomic E-state index is -1.21. The average molecular weight is 253 g/mol. The molecule has 1 aromatic carbocycles. The van der Waals surface area contributed by atoms with Gasteiger partial charge in [0.25, 0.3) is 0 Å². The predicted molar refractivity (Wildman–Crippen MR) is 66.9 cm³/mol. The van der Waals surface area contributed by atoms with Crippen molar-refractivity contribution in [3.63, 3.8) is 0 Å². The highest BCUT2D eigenvalue weighted by Gasteiger charge is 2.28. The number of hydrogen-bond donors (Lipinski definition) is 3. The molecule has 0 heterocycles. The second kappa shape index (κ2) is 6.37. The Kier molecular flexibility index (Phi) is 5.12. The van der Waals surface area contributed by atoms with Crippen molar-refractivity contribution >= 4 is 6.09 Å². The molecule has 18 heavy (non-hydrogen) atoms. The molecule has 1 amide bonds. The van der Waals surface area contributed by atoms with Gasteiger partial charge in [0.1, 0.15) is 6.61 Å². The second-order valence-electron chi connectivity index (χ2n) is 4.59. The molecule has 1 rings (SSSR count). The number of nitrogens with one attached hydrogen (secondary N) is 1. The van der Waals surface area contributed by atoms with E-state index in [9.17, 15) is 9.90 Å². The first kappa shape index (κ1) is 14.5. The second-order valence-corrected chi connectivity index (χ2v) is 4.59. The third kappa shape index (κ3) is 4.73. The summed E-state index contributed by atoms with van der Waals surface area (Å²) < 4.78 is 4.98. The molecule has 0 bridgehead atoms. The van der Waals surface area contributed by atoms with E-state index in [1.165, 1.54) is 13.8 Å². The van der Waals surface area contributed by atoms with E-state index in [4.69, 9.17) is 9.84 Å². The molecule has 0 saturated carbocycles. The zero-order valence-electron chi connectivity index (χ0n) is 10.6. The minimum Gasteiger partial charge on any atom is -0.445 e. The van der Waals surface area contributed by atoms with Gasteiger partial charge in [-0.05, 0) is 19.4 Å². The van der Waals surface area contributed by atoms with E-state index in [0.717, 1.165) is 5.56 Å². The number of aliphatic hydroxyl groups excluding tert-OH is 1. The zero-order valence-corrected chi connectivity index (χ0v) is 10.6. The van der Waals surface area contributed by atoms with Crippen LogP contribution < -0.4 is 5.32 Å². The van der Waals surface area contributed by atoms with Crippen LogP contribution in [-0.2, 0) is 11.3 Å². The third-order valence-electron chi connectivity index (χ3n) is 2.54. The third-order valence-corrected chi connectivity index (χ3v) is 2.54. The molecule has 0 unspecified atom stereocenters. The fourth-order valence-electron chi connectivity index (χ4n) is 1.35. The molecule has 0 aliphatic carbocycles. The van der Waals surface area contributed by atoms with Crippen molar-refractivity contribution in [1.82, 2.24) is 5.32 Å². The van der Waals surface area contributed by atoms with Gasteiger partial charge in [-0.15, -0.1) is 0 Å². The highest BCUT2D eigenvalue weighted by atomic mass is 16.5. The highest BCUT2D eigenvalue weighted by molar-refractivity contribution is 5.67. The first-order valence-corrected chi connectivity index (χ1v) is 5.74. The molecule has 0 spiro atoms. The summed E-state index contributed by atoms with van der Waals surface area (Å²) in [6.07, 6.45) is -0.667. The largest absolute Gasteiger partial charge is 0.445 e. The lowest BCUT2D eigenvalue weighted by Crippen LogP contribution is -2.51. The van der Waals surface area contributed by atoms with Gasteiger partial charge >= 0.3 is 6.09 Å². The topological polar surface area (TPSA) is 78.8 Å². The molecule has 0 aliphatic rings. The minimum absolute atomic E-state index is 0.149. The Morgan fingerprint density at radius 1 is 1.39 bits per heavy atom. The number of alkyl carbamates (subject to hydrolysis) is 1. The number of rotatable bonds is 5. The van der Waals surface area contributed by atoms with Crippen molar-refractivity contribution in [3.8, 4) is 0 Å². The van der Waals surface area contributed by atoms with Gasteiger partial charge in [0.05, 0.1) is 18.2 Å². The van der Waals surface area contributed by atoms with E-state index in [0.29, 0.717) is 0 Å². The molecule has 0 saturated heterocycles. The molecule has 5 nitrogen and oxygen atoms in total.